The number of aromatic nitrogens is 12. The van der Waals surface area contributed by atoms with E-state index in [4.69, 9.17) is 19.9 Å². The van der Waals surface area contributed by atoms with Gasteiger partial charge in [-0.15, -0.1) is 0 Å². The summed E-state index contributed by atoms with van der Waals surface area (Å²) in [5.41, 5.74) is 29.6. The lowest BCUT2D eigenvalue weighted by Crippen LogP contribution is -1.99. The molecule has 9 aromatic heterocycles. The van der Waals surface area contributed by atoms with Gasteiger partial charge in [-0.2, -0.15) is 0 Å². The van der Waals surface area contributed by atoms with E-state index in [9.17, 15) is 0 Å². The van der Waals surface area contributed by atoms with Crippen LogP contribution in [0.1, 0.15) is 0 Å². The van der Waals surface area contributed by atoms with Gasteiger partial charge in [0.1, 0.15) is 23.1 Å². The first-order valence-corrected chi connectivity index (χ1v) is 48.8. The number of rotatable bonds is 12. The van der Waals surface area contributed by atoms with E-state index in [0.29, 0.717) is 0 Å². The number of benzene rings is 21. The summed E-state index contributed by atoms with van der Waals surface area (Å²) >= 11 is 0. The lowest BCUT2D eigenvalue weighted by Gasteiger charge is -2.15. The van der Waals surface area contributed by atoms with Crippen LogP contribution in [0.3, 0.4) is 0 Å². The fraction of sp³-hybridized carbons (Fsp3) is 0. The van der Waals surface area contributed by atoms with Gasteiger partial charge in [0.15, 0.2) is 0 Å². The SMILES string of the molecule is c1ccc(-c2nc3c4ccccc4c4ccccc4c3n2-c2cccc(-c3cccc4c5cccnc5n(-c5ccccc5)c34)c2)cc1.c1ccc(-c2nc3c4ccccc4c4ccccc4c3n2-c2cccc(-c3cccc4c5ccncc5n(-c5ccccc5)c34)c2)cc1.c1ccc(-c2nc3c4ccccc4c4ccccc4c3n2-c2cccc(-c3cccc4c5cnccc5n(-c5ccccc5)c34)c2)cc1. The normalized spacial score (nSPS) is 11.8. The van der Waals surface area contributed by atoms with E-state index in [1.54, 1.807) is 0 Å². The van der Waals surface area contributed by atoms with E-state index in [0.717, 1.165) is 184 Å². The van der Waals surface area contributed by atoms with Gasteiger partial charge in [0.25, 0.3) is 0 Å². The molecule has 672 valence electrons. The molecule has 0 fully saturated rings. The standard InChI is InChI=1S/3C44H28N4/c1-3-14-29(15-4-1)43-46-40-36-22-9-7-20-34(36)35-21-8-10-23-37(35)42(40)48(43)32-19-11-16-30(28-32)33-24-12-25-38-39-26-13-27-45-44(39)47(41(33)38)31-17-5-2-6-18-31;1-3-13-29(14-4-1)44-46-41-37-21-9-7-19-34(37)35-20-8-10-22-38(35)43(41)48(44)32-18-11-15-30(27-32)33-23-12-24-39-36-25-26-45-28-40(36)47(42(33)39)31-16-5-2-6-17-31;1-3-13-29(14-4-1)44-46-41-36-21-9-7-19-34(36)35-20-8-10-22-37(35)43(41)48(44)32-18-11-15-30(27-32)33-23-12-24-38-39-28-45-26-25-40(39)47(42(33)38)31-16-5-2-6-17-31/h3*1-28H. The molecule has 0 amide bonds. The molecule has 30 aromatic rings. The van der Waals surface area contributed by atoms with Gasteiger partial charge in [-0.3, -0.25) is 28.2 Å². The fourth-order valence-electron chi connectivity index (χ4n) is 22.6. The van der Waals surface area contributed by atoms with Crippen LogP contribution in [0.5, 0.6) is 0 Å². The molecular formula is C132H84N12. The number of pyridine rings is 3. The summed E-state index contributed by atoms with van der Waals surface area (Å²) in [5.74, 6) is 2.77. The Bertz CT molecular complexity index is 9420. The summed E-state index contributed by atoms with van der Waals surface area (Å²) in [5, 5.41) is 21.4. The molecule has 0 aliphatic rings. The predicted molar refractivity (Wildman–Crippen MR) is 597 cm³/mol. The second kappa shape index (κ2) is 34.3. The van der Waals surface area contributed by atoms with Crippen molar-refractivity contribution in [3.8, 4) is 102 Å². The first-order chi connectivity index (χ1) is 71.5. The Labute approximate surface area is 826 Å². The molecule has 12 nitrogen and oxygen atoms in total. The Balaban J connectivity index is 0.000000105. The molecule has 12 heteroatoms. The third-order valence-corrected chi connectivity index (χ3v) is 28.7. The van der Waals surface area contributed by atoms with Crippen molar-refractivity contribution in [2.24, 2.45) is 0 Å². The monoisotopic (exact) mass is 1840 g/mol. The maximum Gasteiger partial charge on any atom is 0.145 e. The number of imidazole rings is 3. The van der Waals surface area contributed by atoms with Gasteiger partial charge in [0, 0.05) is 157 Å². The highest BCUT2D eigenvalue weighted by atomic mass is 15.1. The largest absolute Gasteiger partial charge is 0.309 e. The smallest absolute Gasteiger partial charge is 0.145 e. The molecule has 0 bridgehead atoms. The topological polar surface area (TPSA) is 107 Å². The Hall–Kier alpha value is -19.6. The zero-order chi connectivity index (χ0) is 94.8. The van der Waals surface area contributed by atoms with E-state index in [-0.39, 0.29) is 0 Å². The Morgan fingerprint density at radius 3 is 0.819 bits per heavy atom. The minimum atomic E-state index is 0.921. The van der Waals surface area contributed by atoms with Crippen molar-refractivity contribution in [2.75, 3.05) is 0 Å². The Kier molecular flexibility index (Phi) is 19.7. The highest BCUT2D eigenvalue weighted by molar-refractivity contribution is 6.28. The molecule has 0 unspecified atom stereocenters. The van der Waals surface area contributed by atoms with Crippen molar-refractivity contribution in [1.29, 1.82) is 0 Å². The molecule has 0 atom stereocenters. The molecule has 144 heavy (non-hydrogen) atoms. The van der Waals surface area contributed by atoms with Crippen molar-refractivity contribution in [3.63, 3.8) is 0 Å². The van der Waals surface area contributed by atoms with Crippen molar-refractivity contribution < 1.29 is 0 Å². The summed E-state index contributed by atoms with van der Waals surface area (Å²) in [7, 11) is 0. The minimum Gasteiger partial charge on any atom is -0.309 e. The van der Waals surface area contributed by atoms with E-state index >= 15 is 0 Å². The molecular weight excluding hydrogens is 1750 g/mol. The quantitative estimate of drug-likeness (QED) is 0.113. The van der Waals surface area contributed by atoms with E-state index < -0.39 is 0 Å². The van der Waals surface area contributed by atoms with E-state index in [2.05, 4.69) is 511 Å². The fourth-order valence-corrected chi connectivity index (χ4v) is 22.6. The number of hydrogen-bond donors (Lipinski definition) is 0. The third kappa shape index (κ3) is 13.4. The molecule has 21 aromatic carbocycles. The molecule has 0 radical (unpaired) electrons. The first-order valence-electron chi connectivity index (χ1n) is 48.8. The molecule has 0 saturated carbocycles. The maximum absolute atomic E-state index is 5.42. The van der Waals surface area contributed by atoms with Gasteiger partial charge < -0.3 is 9.13 Å². The van der Waals surface area contributed by atoms with Crippen LogP contribution >= 0.6 is 0 Å². The first kappa shape index (κ1) is 82.7. The van der Waals surface area contributed by atoms with Crippen molar-refractivity contribution in [3.05, 3.63) is 510 Å². The summed E-state index contributed by atoms with van der Waals surface area (Å²) in [6.45, 7) is 0. The van der Waals surface area contributed by atoms with Crippen LogP contribution in [0.4, 0.5) is 0 Å². The van der Waals surface area contributed by atoms with Gasteiger partial charge in [-0.25, -0.2) is 19.9 Å². The lowest BCUT2D eigenvalue weighted by atomic mass is 9.99. The van der Waals surface area contributed by atoms with Crippen LogP contribution in [0, 0.1) is 0 Å². The number of para-hydroxylation sites is 6. The molecule has 9 heterocycles. The predicted octanol–water partition coefficient (Wildman–Crippen LogP) is 33.5. The summed E-state index contributed by atoms with van der Waals surface area (Å²) in [4.78, 5) is 30.2. The van der Waals surface area contributed by atoms with Crippen LogP contribution in [-0.2, 0) is 0 Å². The van der Waals surface area contributed by atoms with Gasteiger partial charge in [-0.05, 0) is 146 Å². The Morgan fingerprint density at radius 2 is 0.424 bits per heavy atom. The van der Waals surface area contributed by atoms with Crippen LogP contribution in [-0.4, -0.2) is 57.3 Å². The highest BCUT2D eigenvalue weighted by Crippen LogP contribution is 2.49. The summed E-state index contributed by atoms with van der Waals surface area (Å²) in [6.07, 6.45) is 9.60. The highest BCUT2D eigenvalue weighted by Gasteiger charge is 2.29. The summed E-state index contributed by atoms with van der Waals surface area (Å²) < 4.78 is 14.1. The average molecular weight is 1840 g/mol. The molecule has 30 rings (SSSR count). The molecule has 0 N–H and O–H groups in total. The van der Waals surface area contributed by atoms with Crippen LogP contribution < -0.4 is 0 Å². The second-order valence-electron chi connectivity index (χ2n) is 36.7. The number of hydrogen-bond acceptors (Lipinski definition) is 6. The molecule has 0 spiro atoms. The van der Waals surface area contributed by atoms with Gasteiger partial charge in [0.05, 0.1) is 66.9 Å². The average Bonchev–Trinajstić information content (AvgIpc) is 1.55. The molecule has 0 saturated heterocycles. The van der Waals surface area contributed by atoms with Crippen LogP contribution in [0.25, 0.3) is 265 Å². The minimum absolute atomic E-state index is 0.921. The van der Waals surface area contributed by atoms with Crippen molar-refractivity contribution >= 4 is 163 Å². The number of nitrogens with zero attached hydrogens (tertiary/aromatic N) is 12. The zero-order valence-corrected chi connectivity index (χ0v) is 77.9. The van der Waals surface area contributed by atoms with Crippen molar-refractivity contribution in [1.82, 2.24) is 57.3 Å². The second-order valence-corrected chi connectivity index (χ2v) is 36.7. The lowest BCUT2D eigenvalue weighted by molar-refractivity contribution is 1.11. The van der Waals surface area contributed by atoms with E-state index in [1.165, 1.54) is 81.1 Å². The van der Waals surface area contributed by atoms with Gasteiger partial charge in [0.2, 0.25) is 0 Å². The van der Waals surface area contributed by atoms with Crippen LogP contribution in [0.15, 0.2) is 510 Å². The number of fused-ring (bicyclic) bond motifs is 27. The maximum atomic E-state index is 5.42. The summed E-state index contributed by atoms with van der Waals surface area (Å²) in [6, 6.07) is 170. The van der Waals surface area contributed by atoms with Gasteiger partial charge in [-0.1, -0.05) is 382 Å². The Morgan fingerprint density at radius 1 is 0.153 bits per heavy atom. The van der Waals surface area contributed by atoms with Crippen molar-refractivity contribution in [2.45, 2.75) is 0 Å². The molecule has 0 aliphatic heterocycles. The molecule has 0 aliphatic carbocycles. The zero-order valence-electron chi connectivity index (χ0n) is 77.9. The van der Waals surface area contributed by atoms with E-state index in [1.807, 2.05) is 37.1 Å². The third-order valence-electron chi connectivity index (χ3n) is 28.7. The van der Waals surface area contributed by atoms with Crippen LogP contribution in [0.2, 0.25) is 0 Å². The van der Waals surface area contributed by atoms with Gasteiger partial charge >= 0.3 is 0 Å².